The number of nitrogens with zero attached hydrogens (tertiary/aromatic N) is 1. The molecule has 11 heavy (non-hydrogen) atoms. The van der Waals surface area contributed by atoms with Gasteiger partial charge in [0.1, 0.15) is 0 Å². The first-order valence-electron chi connectivity index (χ1n) is 3.53. The summed E-state index contributed by atoms with van der Waals surface area (Å²) in [7, 11) is 0. The molecule has 0 spiro atoms. The Morgan fingerprint density at radius 2 is 2.45 bits per heavy atom. The molecule has 0 radical (unpaired) electrons. The fourth-order valence-electron chi connectivity index (χ4n) is 0.862. The summed E-state index contributed by atoms with van der Waals surface area (Å²) in [5.74, 6) is 0.691. The van der Waals surface area contributed by atoms with E-state index in [-0.39, 0.29) is 0 Å². The van der Waals surface area contributed by atoms with Gasteiger partial charge in [-0.3, -0.25) is 4.98 Å². The fraction of sp³-hybridized carbons (Fsp3) is 0.375. The van der Waals surface area contributed by atoms with Gasteiger partial charge in [-0.15, -0.1) is 0 Å². The van der Waals surface area contributed by atoms with Gasteiger partial charge in [-0.05, 0) is 23.8 Å². The van der Waals surface area contributed by atoms with E-state index in [0.29, 0.717) is 12.2 Å². The Morgan fingerprint density at radius 1 is 1.64 bits per heavy atom. The van der Waals surface area contributed by atoms with Crippen LogP contribution in [0, 0.1) is 0 Å². The number of aromatic nitrogens is 1. The monoisotopic (exact) mass is 169 g/mol. The zero-order valence-corrected chi connectivity index (χ0v) is 7.04. The van der Waals surface area contributed by atoms with E-state index < -0.39 is 6.10 Å². The van der Waals surface area contributed by atoms with Gasteiger partial charge >= 0.3 is 0 Å². The lowest BCUT2D eigenvalue weighted by molar-refractivity contribution is 0.175. The molecule has 1 heterocycles. The molecule has 0 aromatic carbocycles. The lowest BCUT2D eigenvalue weighted by Crippen LogP contribution is -1.97. The summed E-state index contributed by atoms with van der Waals surface area (Å²) < 4.78 is 0. The van der Waals surface area contributed by atoms with Crippen molar-refractivity contribution in [1.29, 1.82) is 0 Å². The molecule has 0 saturated heterocycles. The Labute approximate surface area is 71.7 Å². The molecule has 1 atom stereocenters. The molecule has 0 saturated carbocycles. The minimum Gasteiger partial charge on any atom is -0.388 e. The quantitative estimate of drug-likeness (QED) is 0.671. The third-order valence-electron chi connectivity index (χ3n) is 1.47. The van der Waals surface area contributed by atoms with E-state index in [0.717, 1.165) is 5.56 Å². The Bertz CT molecular complexity index is 203. The lowest BCUT2D eigenvalue weighted by atomic mass is 10.1. The Morgan fingerprint density at radius 3 is 3.00 bits per heavy atom. The highest BCUT2D eigenvalue weighted by atomic mass is 32.1. The highest BCUT2D eigenvalue weighted by Gasteiger charge is 2.04. The molecule has 60 valence electrons. The third kappa shape index (κ3) is 2.52. The summed E-state index contributed by atoms with van der Waals surface area (Å²) in [5, 5.41) is 9.43. The SMILES string of the molecule is OC(CCS)c1cccnc1. The van der Waals surface area contributed by atoms with Crippen LogP contribution in [-0.4, -0.2) is 15.8 Å². The first kappa shape index (κ1) is 8.56. The van der Waals surface area contributed by atoms with E-state index in [2.05, 4.69) is 17.6 Å². The molecule has 1 N–H and O–H groups in total. The summed E-state index contributed by atoms with van der Waals surface area (Å²) in [6.45, 7) is 0. The van der Waals surface area contributed by atoms with Crippen LogP contribution < -0.4 is 0 Å². The van der Waals surface area contributed by atoms with Crippen molar-refractivity contribution in [2.24, 2.45) is 0 Å². The van der Waals surface area contributed by atoms with E-state index >= 15 is 0 Å². The summed E-state index contributed by atoms with van der Waals surface area (Å²) in [6, 6.07) is 3.68. The minimum atomic E-state index is -0.416. The van der Waals surface area contributed by atoms with Crippen molar-refractivity contribution in [3.63, 3.8) is 0 Å². The lowest BCUT2D eigenvalue weighted by Gasteiger charge is -2.07. The van der Waals surface area contributed by atoms with Crippen LogP contribution in [0.3, 0.4) is 0 Å². The Balaban J connectivity index is 2.61. The molecule has 1 unspecified atom stereocenters. The van der Waals surface area contributed by atoms with Crippen LogP contribution in [0.1, 0.15) is 18.1 Å². The summed E-state index contributed by atoms with van der Waals surface area (Å²) in [6.07, 6.45) is 3.63. The van der Waals surface area contributed by atoms with Gasteiger partial charge in [-0.2, -0.15) is 12.6 Å². The number of hydrogen-bond donors (Lipinski definition) is 2. The number of pyridine rings is 1. The third-order valence-corrected chi connectivity index (χ3v) is 1.73. The van der Waals surface area contributed by atoms with Gasteiger partial charge in [0.2, 0.25) is 0 Å². The Hall–Kier alpha value is -0.540. The molecule has 0 fully saturated rings. The topological polar surface area (TPSA) is 33.1 Å². The summed E-state index contributed by atoms with van der Waals surface area (Å²) in [5.41, 5.74) is 0.863. The molecular formula is C8H11NOS. The van der Waals surface area contributed by atoms with Crippen LogP contribution in [-0.2, 0) is 0 Å². The van der Waals surface area contributed by atoms with E-state index in [4.69, 9.17) is 0 Å². The van der Waals surface area contributed by atoms with Crippen molar-refractivity contribution in [1.82, 2.24) is 4.98 Å². The molecule has 0 amide bonds. The van der Waals surface area contributed by atoms with Crippen LogP contribution in [0.2, 0.25) is 0 Å². The normalized spacial score (nSPS) is 12.9. The molecule has 1 rings (SSSR count). The van der Waals surface area contributed by atoms with Gasteiger partial charge in [0.15, 0.2) is 0 Å². The molecule has 2 nitrogen and oxygen atoms in total. The summed E-state index contributed by atoms with van der Waals surface area (Å²) >= 11 is 4.03. The van der Waals surface area contributed by atoms with Crippen LogP contribution in [0.4, 0.5) is 0 Å². The second-order valence-corrected chi connectivity index (χ2v) is 2.76. The average Bonchev–Trinajstić information content (AvgIpc) is 2.07. The van der Waals surface area contributed by atoms with E-state index in [9.17, 15) is 5.11 Å². The second kappa shape index (κ2) is 4.36. The Kier molecular flexibility index (Phi) is 3.39. The molecule has 0 aliphatic carbocycles. The first-order valence-corrected chi connectivity index (χ1v) is 4.16. The second-order valence-electron chi connectivity index (χ2n) is 2.31. The van der Waals surface area contributed by atoms with Gasteiger partial charge < -0.3 is 5.11 Å². The molecule has 0 bridgehead atoms. The van der Waals surface area contributed by atoms with Crippen LogP contribution in [0.15, 0.2) is 24.5 Å². The molecule has 1 aromatic rings. The van der Waals surface area contributed by atoms with Crippen molar-refractivity contribution >= 4 is 12.6 Å². The van der Waals surface area contributed by atoms with E-state index in [1.807, 2.05) is 12.1 Å². The number of hydrogen-bond acceptors (Lipinski definition) is 3. The number of rotatable bonds is 3. The predicted molar refractivity (Wildman–Crippen MR) is 47.7 cm³/mol. The van der Waals surface area contributed by atoms with Crippen molar-refractivity contribution in [2.75, 3.05) is 5.75 Å². The predicted octanol–water partition coefficient (Wildman–Crippen LogP) is 1.43. The fourth-order valence-corrected chi connectivity index (χ4v) is 1.11. The largest absolute Gasteiger partial charge is 0.388 e. The van der Waals surface area contributed by atoms with Gasteiger partial charge in [0.25, 0.3) is 0 Å². The number of thiol groups is 1. The highest BCUT2D eigenvalue weighted by Crippen LogP contribution is 2.14. The first-order chi connectivity index (χ1) is 5.34. The molecule has 0 aliphatic rings. The number of aliphatic hydroxyl groups excluding tert-OH is 1. The maximum Gasteiger partial charge on any atom is 0.0812 e. The standard InChI is InChI=1S/C8H11NOS/c10-8(3-5-11)7-2-1-4-9-6-7/h1-2,4,6,8,10-11H,3,5H2. The number of aliphatic hydroxyl groups is 1. The van der Waals surface area contributed by atoms with Gasteiger partial charge in [0.05, 0.1) is 6.10 Å². The zero-order valence-electron chi connectivity index (χ0n) is 6.14. The molecular weight excluding hydrogens is 158 g/mol. The van der Waals surface area contributed by atoms with Crippen molar-refractivity contribution in [3.8, 4) is 0 Å². The maximum absolute atomic E-state index is 9.43. The molecule has 3 heteroatoms. The van der Waals surface area contributed by atoms with E-state index in [1.165, 1.54) is 0 Å². The van der Waals surface area contributed by atoms with Gasteiger partial charge in [-0.25, -0.2) is 0 Å². The maximum atomic E-state index is 9.43. The average molecular weight is 169 g/mol. The smallest absolute Gasteiger partial charge is 0.0812 e. The molecule has 0 aliphatic heterocycles. The van der Waals surface area contributed by atoms with Gasteiger partial charge in [0, 0.05) is 12.4 Å². The van der Waals surface area contributed by atoms with Crippen molar-refractivity contribution in [3.05, 3.63) is 30.1 Å². The van der Waals surface area contributed by atoms with Crippen molar-refractivity contribution in [2.45, 2.75) is 12.5 Å². The highest BCUT2D eigenvalue weighted by molar-refractivity contribution is 7.80. The van der Waals surface area contributed by atoms with Crippen LogP contribution >= 0.6 is 12.6 Å². The van der Waals surface area contributed by atoms with Crippen molar-refractivity contribution < 1.29 is 5.11 Å². The summed E-state index contributed by atoms with van der Waals surface area (Å²) in [4.78, 5) is 3.90. The minimum absolute atomic E-state index is 0.416. The molecule has 1 aromatic heterocycles. The van der Waals surface area contributed by atoms with Crippen LogP contribution in [0.5, 0.6) is 0 Å². The van der Waals surface area contributed by atoms with E-state index in [1.54, 1.807) is 12.4 Å². The van der Waals surface area contributed by atoms with Gasteiger partial charge in [-0.1, -0.05) is 6.07 Å². The van der Waals surface area contributed by atoms with Crippen LogP contribution in [0.25, 0.3) is 0 Å². The zero-order chi connectivity index (χ0) is 8.10.